The van der Waals surface area contributed by atoms with Crippen molar-refractivity contribution in [1.82, 2.24) is 15.0 Å². The molecule has 5 rings (SSSR count). The predicted molar refractivity (Wildman–Crippen MR) is 104 cm³/mol. The van der Waals surface area contributed by atoms with Gasteiger partial charge in [0.15, 0.2) is 0 Å². The Kier molecular flexibility index (Phi) is 3.86. The van der Waals surface area contributed by atoms with Crippen LogP contribution in [0.3, 0.4) is 0 Å². The normalized spacial score (nSPS) is 14.8. The highest BCUT2D eigenvalue weighted by atomic mass is 19.1. The highest BCUT2D eigenvalue weighted by Crippen LogP contribution is 2.28. The van der Waals surface area contributed by atoms with Gasteiger partial charge < -0.3 is 19.9 Å². The van der Waals surface area contributed by atoms with Crippen LogP contribution in [0, 0.1) is 5.82 Å². The summed E-state index contributed by atoms with van der Waals surface area (Å²) >= 11 is 0. The second-order valence-corrected chi connectivity index (χ2v) is 6.53. The molecule has 1 aliphatic rings. The van der Waals surface area contributed by atoms with E-state index in [-0.39, 0.29) is 5.82 Å². The molecular formula is C20H18FN5O. The summed E-state index contributed by atoms with van der Waals surface area (Å²) in [5, 5.41) is 5.34. The summed E-state index contributed by atoms with van der Waals surface area (Å²) in [6, 6.07) is 10.9. The highest BCUT2D eigenvalue weighted by Gasteiger charge is 2.16. The van der Waals surface area contributed by atoms with Crippen LogP contribution < -0.4 is 10.2 Å². The molecule has 6 nitrogen and oxygen atoms in total. The number of benzene rings is 1. The fourth-order valence-electron chi connectivity index (χ4n) is 3.47. The Hall–Kier alpha value is -3.19. The molecule has 0 spiro atoms. The van der Waals surface area contributed by atoms with Gasteiger partial charge in [0.2, 0.25) is 0 Å². The van der Waals surface area contributed by atoms with E-state index in [9.17, 15) is 4.39 Å². The number of aromatic nitrogens is 3. The molecule has 0 saturated carbocycles. The lowest BCUT2D eigenvalue weighted by atomic mass is 10.2. The van der Waals surface area contributed by atoms with Gasteiger partial charge in [-0.15, -0.1) is 0 Å². The van der Waals surface area contributed by atoms with E-state index in [1.165, 1.54) is 6.07 Å². The van der Waals surface area contributed by atoms with Gasteiger partial charge in [0.1, 0.15) is 17.3 Å². The van der Waals surface area contributed by atoms with Crippen molar-refractivity contribution in [3.05, 3.63) is 54.6 Å². The van der Waals surface area contributed by atoms with Gasteiger partial charge in [0, 0.05) is 41.9 Å². The quantitative estimate of drug-likeness (QED) is 0.579. The Morgan fingerprint density at radius 1 is 1.07 bits per heavy atom. The summed E-state index contributed by atoms with van der Waals surface area (Å²) < 4.78 is 19.6. The highest BCUT2D eigenvalue weighted by molar-refractivity contribution is 6.05. The molecule has 4 heterocycles. The minimum atomic E-state index is -0.228. The third kappa shape index (κ3) is 2.96. The maximum absolute atomic E-state index is 14.3. The van der Waals surface area contributed by atoms with Crippen LogP contribution in [0.25, 0.3) is 21.9 Å². The number of hydrogen-bond acceptors (Lipinski definition) is 5. The second-order valence-electron chi connectivity index (χ2n) is 6.53. The number of anilines is 3. The zero-order chi connectivity index (χ0) is 18.2. The lowest BCUT2D eigenvalue weighted by Gasteiger charge is -2.29. The first kappa shape index (κ1) is 16.0. The lowest BCUT2D eigenvalue weighted by Crippen LogP contribution is -2.36. The van der Waals surface area contributed by atoms with Crippen LogP contribution in [-0.4, -0.2) is 41.3 Å². The topological polar surface area (TPSA) is 66.1 Å². The summed E-state index contributed by atoms with van der Waals surface area (Å²) in [5.74, 6) is 0.468. The minimum absolute atomic E-state index is 0.228. The number of morpholine rings is 1. The Balaban J connectivity index is 1.46. The molecule has 1 aromatic carbocycles. The summed E-state index contributed by atoms with van der Waals surface area (Å²) in [4.78, 5) is 14.1. The first-order chi connectivity index (χ1) is 13.3. The predicted octanol–water partition coefficient (Wildman–Crippen LogP) is 3.83. The van der Waals surface area contributed by atoms with Crippen LogP contribution in [0.1, 0.15) is 0 Å². The van der Waals surface area contributed by atoms with Gasteiger partial charge in [-0.1, -0.05) is 0 Å². The van der Waals surface area contributed by atoms with Crippen LogP contribution in [0.5, 0.6) is 0 Å². The number of fused-ring (bicyclic) bond motifs is 3. The summed E-state index contributed by atoms with van der Waals surface area (Å²) in [6.07, 6.45) is 3.58. The first-order valence-corrected chi connectivity index (χ1v) is 8.90. The van der Waals surface area contributed by atoms with Crippen molar-refractivity contribution in [2.45, 2.75) is 0 Å². The molecule has 136 valence electrons. The molecule has 0 amide bonds. The Morgan fingerprint density at radius 3 is 2.85 bits per heavy atom. The molecule has 27 heavy (non-hydrogen) atoms. The summed E-state index contributed by atoms with van der Waals surface area (Å²) in [5.41, 5.74) is 3.17. The van der Waals surface area contributed by atoms with Crippen LogP contribution >= 0.6 is 0 Å². The molecule has 1 aliphatic heterocycles. The number of halogens is 1. The van der Waals surface area contributed by atoms with Gasteiger partial charge in [0.05, 0.1) is 24.4 Å². The van der Waals surface area contributed by atoms with Crippen molar-refractivity contribution >= 4 is 39.1 Å². The number of rotatable bonds is 3. The largest absolute Gasteiger partial charge is 0.378 e. The van der Waals surface area contributed by atoms with E-state index in [1.807, 2.05) is 35.4 Å². The van der Waals surface area contributed by atoms with E-state index in [1.54, 1.807) is 12.3 Å². The average molecular weight is 363 g/mol. The SMILES string of the molecule is Fc1ccc(Nc2ccc3c(n2)[nH]c2ccncc23)cc1N1CCOCC1. The van der Waals surface area contributed by atoms with Crippen molar-refractivity contribution in [3.63, 3.8) is 0 Å². The fraction of sp³-hybridized carbons (Fsp3) is 0.200. The van der Waals surface area contributed by atoms with Gasteiger partial charge in [0.25, 0.3) is 0 Å². The van der Waals surface area contributed by atoms with Crippen LogP contribution in [0.2, 0.25) is 0 Å². The number of aromatic amines is 1. The Labute approximate surface area is 155 Å². The molecule has 4 aromatic rings. The van der Waals surface area contributed by atoms with Gasteiger partial charge in [-0.2, -0.15) is 0 Å². The van der Waals surface area contributed by atoms with E-state index in [2.05, 4.69) is 20.3 Å². The van der Waals surface area contributed by atoms with E-state index >= 15 is 0 Å². The molecule has 0 aliphatic carbocycles. The van der Waals surface area contributed by atoms with Gasteiger partial charge >= 0.3 is 0 Å². The monoisotopic (exact) mass is 363 g/mol. The van der Waals surface area contributed by atoms with Crippen molar-refractivity contribution in [1.29, 1.82) is 0 Å². The maximum Gasteiger partial charge on any atom is 0.146 e. The summed E-state index contributed by atoms with van der Waals surface area (Å²) in [7, 11) is 0. The molecular weight excluding hydrogens is 345 g/mol. The van der Waals surface area contributed by atoms with Crippen LogP contribution in [0.15, 0.2) is 48.8 Å². The van der Waals surface area contributed by atoms with Crippen molar-refractivity contribution in [2.24, 2.45) is 0 Å². The molecule has 0 radical (unpaired) electrons. The number of nitrogens with zero attached hydrogens (tertiary/aromatic N) is 3. The first-order valence-electron chi connectivity index (χ1n) is 8.90. The molecule has 7 heteroatoms. The zero-order valence-electron chi connectivity index (χ0n) is 14.6. The molecule has 1 fully saturated rings. The van der Waals surface area contributed by atoms with E-state index < -0.39 is 0 Å². The third-order valence-corrected chi connectivity index (χ3v) is 4.83. The number of H-pyrrole nitrogens is 1. The fourth-order valence-corrected chi connectivity index (χ4v) is 3.47. The van der Waals surface area contributed by atoms with Crippen molar-refractivity contribution in [3.8, 4) is 0 Å². The van der Waals surface area contributed by atoms with Gasteiger partial charge in [-0.25, -0.2) is 9.37 Å². The van der Waals surface area contributed by atoms with E-state index in [0.717, 1.165) is 27.6 Å². The van der Waals surface area contributed by atoms with Crippen LogP contribution in [0.4, 0.5) is 21.6 Å². The number of pyridine rings is 2. The maximum atomic E-state index is 14.3. The van der Waals surface area contributed by atoms with E-state index in [0.29, 0.717) is 37.8 Å². The molecule has 0 atom stereocenters. The van der Waals surface area contributed by atoms with Crippen molar-refractivity contribution < 1.29 is 9.13 Å². The molecule has 0 bridgehead atoms. The number of hydrogen-bond donors (Lipinski definition) is 2. The van der Waals surface area contributed by atoms with Gasteiger partial charge in [-0.05, 0) is 36.4 Å². The van der Waals surface area contributed by atoms with Gasteiger partial charge in [-0.3, -0.25) is 4.98 Å². The standard InChI is InChI=1S/C20H18FN5O/c21-16-3-1-13(11-18(16)26-7-9-27-10-8-26)23-19-4-2-14-15-12-22-6-5-17(15)24-20(14)25-19/h1-6,11-12H,7-10H2,(H2,23,24,25). The lowest BCUT2D eigenvalue weighted by molar-refractivity contribution is 0.122. The molecule has 2 N–H and O–H groups in total. The number of nitrogens with one attached hydrogen (secondary N) is 2. The Morgan fingerprint density at radius 2 is 1.96 bits per heavy atom. The van der Waals surface area contributed by atoms with Crippen molar-refractivity contribution in [2.75, 3.05) is 36.5 Å². The Bertz CT molecular complexity index is 1120. The summed E-state index contributed by atoms with van der Waals surface area (Å²) in [6.45, 7) is 2.61. The molecule has 1 saturated heterocycles. The van der Waals surface area contributed by atoms with Crippen LogP contribution in [-0.2, 0) is 4.74 Å². The molecule has 0 unspecified atom stereocenters. The average Bonchev–Trinajstić information content (AvgIpc) is 3.08. The third-order valence-electron chi connectivity index (χ3n) is 4.83. The number of ether oxygens (including phenoxy) is 1. The van der Waals surface area contributed by atoms with E-state index in [4.69, 9.17) is 4.74 Å². The minimum Gasteiger partial charge on any atom is -0.378 e. The smallest absolute Gasteiger partial charge is 0.146 e. The zero-order valence-corrected chi connectivity index (χ0v) is 14.6. The second kappa shape index (κ2) is 6.51. The molecule has 3 aromatic heterocycles.